The van der Waals surface area contributed by atoms with Crippen molar-refractivity contribution in [1.29, 1.82) is 0 Å². The molecule has 122 valence electrons. The summed E-state index contributed by atoms with van der Waals surface area (Å²) in [5.74, 6) is 0.409. The highest BCUT2D eigenvalue weighted by molar-refractivity contribution is 5.75. The van der Waals surface area contributed by atoms with Crippen LogP contribution in [0.15, 0.2) is 54.6 Å². The Morgan fingerprint density at radius 3 is 2.22 bits per heavy atom. The van der Waals surface area contributed by atoms with Gasteiger partial charge < -0.3 is 9.47 Å². The van der Waals surface area contributed by atoms with E-state index >= 15 is 0 Å². The summed E-state index contributed by atoms with van der Waals surface area (Å²) in [6.45, 7) is 4.28. The van der Waals surface area contributed by atoms with Gasteiger partial charge in [0, 0.05) is 0 Å². The molecule has 0 aliphatic carbocycles. The fourth-order valence-electron chi connectivity index (χ4n) is 2.37. The fraction of sp³-hybridized carbons (Fsp3) is 0.350. The number of rotatable bonds is 8. The number of ether oxygens (including phenoxy) is 2. The summed E-state index contributed by atoms with van der Waals surface area (Å²) in [7, 11) is 0. The quantitative estimate of drug-likeness (QED) is 0.653. The largest absolute Gasteiger partial charge is 0.479 e. The van der Waals surface area contributed by atoms with Crippen LogP contribution in [0.5, 0.6) is 5.75 Å². The Bertz CT molecular complexity index is 590. The SMILES string of the molecule is CCCCC(Oc1ccc(-c2ccccc2)cc1)C(=O)OCC. The van der Waals surface area contributed by atoms with Crippen LogP contribution < -0.4 is 4.74 Å². The maximum Gasteiger partial charge on any atom is 0.347 e. The predicted octanol–water partition coefficient (Wildman–Crippen LogP) is 4.85. The Morgan fingerprint density at radius 2 is 1.61 bits per heavy atom. The van der Waals surface area contributed by atoms with Gasteiger partial charge in [-0.3, -0.25) is 0 Å². The van der Waals surface area contributed by atoms with Crippen LogP contribution in [0.3, 0.4) is 0 Å². The van der Waals surface area contributed by atoms with Gasteiger partial charge >= 0.3 is 5.97 Å². The fourth-order valence-corrected chi connectivity index (χ4v) is 2.37. The van der Waals surface area contributed by atoms with Crippen molar-refractivity contribution in [2.75, 3.05) is 6.61 Å². The number of esters is 1. The third-order valence-electron chi connectivity index (χ3n) is 3.61. The van der Waals surface area contributed by atoms with Crippen molar-refractivity contribution in [2.45, 2.75) is 39.2 Å². The normalized spacial score (nSPS) is 11.7. The molecular formula is C20H24O3. The molecule has 0 radical (unpaired) electrons. The third kappa shape index (κ3) is 5.13. The zero-order valence-corrected chi connectivity index (χ0v) is 13.8. The summed E-state index contributed by atoms with van der Waals surface area (Å²) in [6, 6.07) is 18.0. The molecule has 0 heterocycles. The smallest absolute Gasteiger partial charge is 0.347 e. The second-order valence-corrected chi connectivity index (χ2v) is 5.39. The lowest BCUT2D eigenvalue weighted by Crippen LogP contribution is -2.29. The lowest BCUT2D eigenvalue weighted by atomic mass is 10.1. The van der Waals surface area contributed by atoms with Gasteiger partial charge in [-0.25, -0.2) is 4.79 Å². The van der Waals surface area contributed by atoms with Crippen LogP contribution in [-0.2, 0) is 9.53 Å². The Labute approximate surface area is 138 Å². The number of hydrogen-bond acceptors (Lipinski definition) is 3. The Hall–Kier alpha value is -2.29. The first-order valence-electron chi connectivity index (χ1n) is 8.23. The Morgan fingerprint density at radius 1 is 0.957 bits per heavy atom. The molecule has 3 heteroatoms. The van der Waals surface area contributed by atoms with Crippen LogP contribution in [-0.4, -0.2) is 18.7 Å². The van der Waals surface area contributed by atoms with E-state index in [9.17, 15) is 4.79 Å². The van der Waals surface area contributed by atoms with E-state index in [2.05, 4.69) is 19.1 Å². The summed E-state index contributed by atoms with van der Waals surface area (Å²) in [5, 5.41) is 0. The van der Waals surface area contributed by atoms with Crippen LogP contribution in [0.4, 0.5) is 0 Å². The van der Waals surface area contributed by atoms with Crippen molar-refractivity contribution in [3.63, 3.8) is 0 Å². The molecule has 1 unspecified atom stereocenters. The first kappa shape index (κ1) is 17.1. The van der Waals surface area contributed by atoms with E-state index < -0.39 is 6.10 Å². The van der Waals surface area contributed by atoms with Crippen molar-refractivity contribution in [2.24, 2.45) is 0 Å². The van der Waals surface area contributed by atoms with Crippen molar-refractivity contribution in [3.8, 4) is 16.9 Å². The van der Waals surface area contributed by atoms with Gasteiger partial charge in [0.15, 0.2) is 6.10 Å². The van der Waals surface area contributed by atoms with Crippen LogP contribution >= 0.6 is 0 Å². The van der Waals surface area contributed by atoms with E-state index in [1.807, 2.05) is 49.4 Å². The maximum absolute atomic E-state index is 12.0. The summed E-state index contributed by atoms with van der Waals surface area (Å²) in [4.78, 5) is 12.0. The first-order valence-corrected chi connectivity index (χ1v) is 8.23. The van der Waals surface area contributed by atoms with Crippen LogP contribution in [0.25, 0.3) is 11.1 Å². The van der Waals surface area contributed by atoms with Crippen LogP contribution in [0.1, 0.15) is 33.1 Å². The average molecular weight is 312 g/mol. The number of unbranched alkanes of at least 4 members (excludes halogenated alkanes) is 1. The summed E-state index contributed by atoms with van der Waals surface area (Å²) >= 11 is 0. The molecule has 0 saturated heterocycles. The van der Waals surface area contributed by atoms with Crippen molar-refractivity contribution in [1.82, 2.24) is 0 Å². The summed E-state index contributed by atoms with van der Waals surface area (Å²) < 4.78 is 10.9. The number of benzene rings is 2. The number of hydrogen-bond donors (Lipinski definition) is 0. The van der Waals surface area contributed by atoms with Gasteiger partial charge in [0.1, 0.15) is 5.75 Å². The molecule has 0 aliphatic heterocycles. The Balaban J connectivity index is 2.06. The highest BCUT2D eigenvalue weighted by Gasteiger charge is 2.21. The molecule has 0 aromatic heterocycles. The molecule has 0 amide bonds. The zero-order valence-electron chi connectivity index (χ0n) is 13.8. The summed E-state index contributed by atoms with van der Waals surface area (Å²) in [5.41, 5.74) is 2.28. The molecule has 0 bridgehead atoms. The first-order chi connectivity index (χ1) is 11.2. The molecule has 2 aromatic rings. The minimum absolute atomic E-state index is 0.284. The van der Waals surface area contributed by atoms with Crippen molar-refractivity contribution < 1.29 is 14.3 Å². The Kier molecular flexibility index (Phi) is 6.67. The van der Waals surface area contributed by atoms with Gasteiger partial charge in [0.05, 0.1) is 6.61 Å². The van der Waals surface area contributed by atoms with Crippen molar-refractivity contribution in [3.05, 3.63) is 54.6 Å². The van der Waals surface area contributed by atoms with E-state index in [1.165, 1.54) is 0 Å². The molecule has 0 saturated carbocycles. The number of carbonyl (C=O) groups excluding carboxylic acids is 1. The molecule has 3 nitrogen and oxygen atoms in total. The maximum atomic E-state index is 12.0. The van der Waals surface area contributed by atoms with Gasteiger partial charge in [-0.15, -0.1) is 0 Å². The lowest BCUT2D eigenvalue weighted by Gasteiger charge is -2.17. The highest BCUT2D eigenvalue weighted by atomic mass is 16.6. The average Bonchev–Trinajstić information content (AvgIpc) is 2.60. The predicted molar refractivity (Wildman–Crippen MR) is 92.5 cm³/mol. The second-order valence-electron chi connectivity index (χ2n) is 5.39. The second kappa shape index (κ2) is 8.99. The van der Waals surface area contributed by atoms with Gasteiger partial charge in [0.25, 0.3) is 0 Å². The van der Waals surface area contributed by atoms with Crippen LogP contribution in [0.2, 0.25) is 0 Å². The van der Waals surface area contributed by atoms with Gasteiger partial charge in [-0.05, 0) is 43.0 Å². The van der Waals surface area contributed by atoms with E-state index in [1.54, 1.807) is 0 Å². The van der Waals surface area contributed by atoms with E-state index in [-0.39, 0.29) is 5.97 Å². The minimum atomic E-state index is -0.530. The molecule has 23 heavy (non-hydrogen) atoms. The third-order valence-corrected chi connectivity index (χ3v) is 3.61. The molecule has 0 aliphatic rings. The molecule has 0 fully saturated rings. The highest BCUT2D eigenvalue weighted by Crippen LogP contribution is 2.23. The molecule has 0 N–H and O–H groups in total. The summed E-state index contributed by atoms with van der Waals surface area (Å²) in [6.07, 6.45) is 2.10. The molecule has 2 rings (SSSR count). The molecule has 1 atom stereocenters. The van der Waals surface area contributed by atoms with Gasteiger partial charge in [-0.1, -0.05) is 55.8 Å². The lowest BCUT2D eigenvalue weighted by molar-refractivity contribution is -0.151. The van der Waals surface area contributed by atoms with E-state index in [4.69, 9.17) is 9.47 Å². The van der Waals surface area contributed by atoms with E-state index in [0.29, 0.717) is 18.8 Å². The zero-order chi connectivity index (χ0) is 16.5. The van der Waals surface area contributed by atoms with Gasteiger partial charge in [-0.2, -0.15) is 0 Å². The molecular weight excluding hydrogens is 288 g/mol. The molecule has 2 aromatic carbocycles. The van der Waals surface area contributed by atoms with Gasteiger partial charge in [0.2, 0.25) is 0 Å². The van der Waals surface area contributed by atoms with Crippen LogP contribution in [0, 0.1) is 0 Å². The standard InChI is InChI=1S/C20H24O3/c1-3-5-11-19(20(21)22-4-2)23-18-14-12-17(13-15-18)16-9-7-6-8-10-16/h6-10,12-15,19H,3-5,11H2,1-2H3. The molecule has 0 spiro atoms. The monoisotopic (exact) mass is 312 g/mol. The van der Waals surface area contributed by atoms with E-state index in [0.717, 1.165) is 24.0 Å². The minimum Gasteiger partial charge on any atom is -0.479 e. The number of carbonyl (C=O) groups is 1. The van der Waals surface area contributed by atoms with Crippen molar-refractivity contribution >= 4 is 5.97 Å². The topological polar surface area (TPSA) is 35.5 Å².